The van der Waals surface area contributed by atoms with Gasteiger partial charge in [0.25, 0.3) is 5.95 Å². The van der Waals surface area contributed by atoms with Gasteiger partial charge in [-0.2, -0.15) is 0 Å². The summed E-state index contributed by atoms with van der Waals surface area (Å²) in [4.78, 5) is 0. The molecule has 1 aliphatic carbocycles. The molecule has 0 saturated heterocycles. The number of benzene rings is 1. The van der Waals surface area contributed by atoms with Gasteiger partial charge in [-0.1, -0.05) is 83.6 Å². The Morgan fingerprint density at radius 1 is 0.952 bits per heavy atom. The molecular weight excluding hydrogens is 516 g/mol. The monoisotopic (exact) mass is 576 g/mol. The maximum absolute atomic E-state index is 11.5. The van der Waals surface area contributed by atoms with Gasteiger partial charge in [0.15, 0.2) is 0 Å². The Morgan fingerprint density at radius 2 is 1.67 bits per heavy atom. The van der Waals surface area contributed by atoms with Crippen molar-refractivity contribution in [1.29, 1.82) is 0 Å². The van der Waals surface area contributed by atoms with E-state index in [0.29, 0.717) is 18.3 Å². The summed E-state index contributed by atoms with van der Waals surface area (Å²) in [5, 5.41) is 11.5. The van der Waals surface area contributed by atoms with E-state index in [1.165, 1.54) is 22.3 Å². The van der Waals surface area contributed by atoms with E-state index in [-0.39, 0.29) is 16.9 Å². The largest absolute Gasteiger partial charge is 0.507 e. The summed E-state index contributed by atoms with van der Waals surface area (Å²) in [7, 11) is 0. The Balaban J connectivity index is 2.29. The normalized spacial score (nSPS) is 14.2. The Bertz CT molecular complexity index is 1130. The molecule has 0 radical (unpaired) electrons. The van der Waals surface area contributed by atoms with E-state index in [1.807, 2.05) is 19.9 Å². The number of ether oxygens (including phenoxy) is 2. The highest BCUT2D eigenvalue weighted by atomic mass is 16.7. The second-order valence-corrected chi connectivity index (χ2v) is 13.5. The summed E-state index contributed by atoms with van der Waals surface area (Å²) in [6.45, 7) is 25.9. The zero-order chi connectivity index (χ0) is 31.3. The first kappa shape index (κ1) is 35.5. The lowest BCUT2D eigenvalue weighted by Crippen LogP contribution is -2.17. The molecule has 3 nitrogen and oxygen atoms in total. The molecule has 234 valence electrons. The molecule has 42 heavy (non-hydrogen) atoms. The van der Waals surface area contributed by atoms with E-state index in [2.05, 4.69) is 85.1 Å². The van der Waals surface area contributed by atoms with Crippen LogP contribution in [0.1, 0.15) is 130 Å². The zero-order valence-electron chi connectivity index (χ0n) is 28.2. The molecule has 0 heterocycles. The van der Waals surface area contributed by atoms with E-state index < -0.39 is 0 Å². The number of unbranched alkanes of at least 4 members (excludes halogenated alkanes) is 2. The quantitative estimate of drug-likeness (QED) is 0.101. The summed E-state index contributed by atoms with van der Waals surface area (Å²) in [5.41, 5.74) is 7.73. The molecule has 3 heteroatoms. The Labute approximate surface area is 258 Å². The fourth-order valence-corrected chi connectivity index (χ4v) is 5.34. The van der Waals surface area contributed by atoms with Gasteiger partial charge in [0.2, 0.25) is 0 Å². The highest BCUT2D eigenvalue weighted by Gasteiger charge is 2.25. The molecule has 0 aliphatic heterocycles. The van der Waals surface area contributed by atoms with Gasteiger partial charge in [0.1, 0.15) is 5.75 Å². The van der Waals surface area contributed by atoms with Crippen LogP contribution in [-0.2, 0) is 27.7 Å². The summed E-state index contributed by atoms with van der Waals surface area (Å²) < 4.78 is 11.2. The molecule has 0 aromatic heterocycles. The van der Waals surface area contributed by atoms with Gasteiger partial charge in [0, 0.05) is 5.56 Å². The lowest BCUT2D eigenvalue weighted by atomic mass is 9.79. The van der Waals surface area contributed by atoms with Gasteiger partial charge in [-0.3, -0.25) is 0 Å². The number of aryl methyl sites for hydroxylation is 2. The topological polar surface area (TPSA) is 38.7 Å². The number of aromatic hydroxyl groups is 1. The first-order valence-electron chi connectivity index (χ1n) is 16.4. The van der Waals surface area contributed by atoms with Gasteiger partial charge in [-0.05, 0) is 124 Å². The third-order valence-corrected chi connectivity index (χ3v) is 8.92. The molecule has 1 aliphatic rings. The highest BCUT2D eigenvalue weighted by Crippen LogP contribution is 2.39. The van der Waals surface area contributed by atoms with Gasteiger partial charge in [0.05, 0.1) is 12.7 Å². The fourth-order valence-electron chi connectivity index (χ4n) is 5.34. The zero-order valence-corrected chi connectivity index (χ0v) is 28.2. The van der Waals surface area contributed by atoms with Crippen LogP contribution in [0.15, 0.2) is 72.3 Å². The van der Waals surface area contributed by atoms with E-state index in [0.717, 1.165) is 81.8 Å². The van der Waals surface area contributed by atoms with E-state index in [4.69, 9.17) is 9.47 Å². The minimum atomic E-state index is -0.0702. The summed E-state index contributed by atoms with van der Waals surface area (Å²) in [6.07, 6.45) is 20.4. The molecule has 1 N–H and O–H groups in total. The number of hydrogen-bond acceptors (Lipinski definition) is 3. The summed E-state index contributed by atoms with van der Waals surface area (Å²) >= 11 is 0. The van der Waals surface area contributed by atoms with Crippen LogP contribution in [0, 0.1) is 5.41 Å². The fraction of sp³-hybridized carbons (Fsp3) is 0.590. The van der Waals surface area contributed by atoms with Gasteiger partial charge >= 0.3 is 0 Å². The van der Waals surface area contributed by atoms with Crippen molar-refractivity contribution in [2.45, 2.75) is 138 Å². The molecule has 0 saturated carbocycles. The van der Waals surface area contributed by atoms with Crippen molar-refractivity contribution in [1.82, 2.24) is 0 Å². The maximum atomic E-state index is 11.5. The van der Waals surface area contributed by atoms with Crippen molar-refractivity contribution in [2.75, 3.05) is 6.61 Å². The predicted molar refractivity (Wildman–Crippen MR) is 181 cm³/mol. The van der Waals surface area contributed by atoms with Crippen LogP contribution < -0.4 is 0 Å². The van der Waals surface area contributed by atoms with Crippen molar-refractivity contribution >= 4 is 0 Å². The third kappa shape index (κ3) is 11.2. The molecule has 0 bridgehead atoms. The molecule has 2 rings (SSSR count). The van der Waals surface area contributed by atoms with Crippen LogP contribution in [-0.4, -0.2) is 17.8 Å². The van der Waals surface area contributed by atoms with E-state index >= 15 is 0 Å². The second kappa shape index (κ2) is 16.8. The second-order valence-electron chi connectivity index (χ2n) is 13.5. The molecule has 0 fully saturated rings. The number of hydrogen-bond donors (Lipinski definition) is 1. The first-order valence-corrected chi connectivity index (χ1v) is 16.4. The third-order valence-electron chi connectivity index (χ3n) is 8.92. The number of phenols is 1. The average molecular weight is 577 g/mol. The molecule has 0 amide bonds. The first-order chi connectivity index (χ1) is 19.8. The van der Waals surface area contributed by atoms with Crippen LogP contribution >= 0.6 is 0 Å². The Hall–Kier alpha value is -2.68. The summed E-state index contributed by atoms with van der Waals surface area (Å²) in [5.74, 6) is 0.890. The highest BCUT2D eigenvalue weighted by molar-refractivity contribution is 5.48. The molecule has 0 atom stereocenters. The van der Waals surface area contributed by atoms with Crippen molar-refractivity contribution in [2.24, 2.45) is 5.41 Å². The van der Waals surface area contributed by atoms with E-state index in [1.54, 1.807) is 0 Å². The minimum absolute atomic E-state index is 0.0702. The molecule has 0 unspecified atom stereocenters. The van der Waals surface area contributed by atoms with Gasteiger partial charge in [-0.15, -0.1) is 6.58 Å². The number of allylic oxidation sites excluding steroid dienone is 7. The van der Waals surface area contributed by atoms with Crippen LogP contribution in [0.3, 0.4) is 0 Å². The van der Waals surface area contributed by atoms with Gasteiger partial charge in [-0.25, -0.2) is 0 Å². The van der Waals surface area contributed by atoms with Crippen molar-refractivity contribution in [3.63, 3.8) is 0 Å². The van der Waals surface area contributed by atoms with Crippen LogP contribution in [0.25, 0.3) is 0 Å². The molecule has 0 spiro atoms. The Morgan fingerprint density at radius 3 is 2.31 bits per heavy atom. The number of phenolic OH excluding ortho intramolecular Hbond substituents is 1. The maximum Gasteiger partial charge on any atom is 0.271 e. The molecular formula is C39H60O3. The minimum Gasteiger partial charge on any atom is -0.507 e. The SMILES string of the molecule is C=CCCCCc1cc(CCC2=CC(C(C)(C)CC)=CCC(CCCOC(=C)OC(C)C)=C2)c(O)c(C(C)(C)CC)c1. The van der Waals surface area contributed by atoms with Crippen molar-refractivity contribution in [3.05, 3.63) is 88.9 Å². The predicted octanol–water partition coefficient (Wildman–Crippen LogP) is 11.2. The lowest BCUT2D eigenvalue weighted by Gasteiger charge is -2.27. The number of rotatable bonds is 19. The van der Waals surface area contributed by atoms with E-state index in [9.17, 15) is 5.11 Å². The standard InChI is InChI=1S/C39H60O3/c1-11-14-15-16-18-32-26-34(37(40)36(28-32)39(9,10)13-3)22-20-33-25-31(19-17-24-41-30(6)42-29(4)5)21-23-35(27-33)38(7,8)12-2/h11,23,25-29,40H,1,6,12-22,24H2,2-5,7-10H3. The average Bonchev–Trinajstić information content (AvgIpc) is 3.15. The van der Waals surface area contributed by atoms with Crippen LogP contribution in [0.2, 0.25) is 0 Å². The van der Waals surface area contributed by atoms with Crippen LogP contribution in [0.5, 0.6) is 5.75 Å². The molecule has 1 aromatic rings. The van der Waals surface area contributed by atoms with Gasteiger partial charge < -0.3 is 14.6 Å². The van der Waals surface area contributed by atoms with Crippen LogP contribution in [0.4, 0.5) is 0 Å². The Kier molecular flexibility index (Phi) is 14.2. The molecule has 1 aromatic carbocycles. The smallest absolute Gasteiger partial charge is 0.271 e. The lowest BCUT2D eigenvalue weighted by molar-refractivity contribution is 0.00748. The summed E-state index contributed by atoms with van der Waals surface area (Å²) in [6, 6.07) is 4.52. The van der Waals surface area contributed by atoms with Crippen molar-refractivity contribution < 1.29 is 14.6 Å². The van der Waals surface area contributed by atoms with Crippen molar-refractivity contribution in [3.8, 4) is 5.75 Å².